The molecule has 7 rings (SSSR count). The first-order valence-corrected chi connectivity index (χ1v) is 16.9. The van der Waals surface area contributed by atoms with Crippen molar-refractivity contribution in [3.05, 3.63) is 47.5 Å². The minimum atomic E-state index is -4.26. The predicted octanol–water partition coefficient (Wildman–Crippen LogP) is 3.15. The van der Waals surface area contributed by atoms with Crippen LogP contribution in [0.15, 0.2) is 30.3 Å². The van der Waals surface area contributed by atoms with E-state index in [2.05, 4.69) is 14.5 Å². The van der Waals surface area contributed by atoms with E-state index in [1.54, 1.807) is 22.9 Å². The van der Waals surface area contributed by atoms with Gasteiger partial charge in [0.15, 0.2) is 5.65 Å². The number of benzene rings is 1. The maximum Gasteiger partial charge on any atom is 0.304 e. The van der Waals surface area contributed by atoms with Gasteiger partial charge in [0, 0.05) is 51.2 Å². The van der Waals surface area contributed by atoms with Crippen LogP contribution in [-0.4, -0.2) is 103 Å². The number of hydrogen-bond acceptors (Lipinski definition) is 8. The molecule has 14 heteroatoms. The van der Waals surface area contributed by atoms with E-state index in [4.69, 9.17) is 14.8 Å². The Balaban J connectivity index is 1.29. The van der Waals surface area contributed by atoms with Gasteiger partial charge >= 0.3 is 10.2 Å². The van der Waals surface area contributed by atoms with Gasteiger partial charge < -0.3 is 9.64 Å². The SMILES string of the molecule is O=C(NS(=O)(=O)N1CCC(F)C1)c1cc(N2CCC(N3CCOCC3)CC2)c2c(C3CCC3)nn(-c3ccc(F)cc3)c2n1. The molecule has 3 saturated heterocycles. The number of rotatable bonds is 7. The van der Waals surface area contributed by atoms with E-state index in [-0.39, 0.29) is 36.9 Å². The van der Waals surface area contributed by atoms with Gasteiger partial charge in [-0.05, 0) is 62.4 Å². The number of hydrogen-bond donors (Lipinski definition) is 1. The van der Waals surface area contributed by atoms with Crippen LogP contribution >= 0.6 is 0 Å². The standard InChI is InChI=1S/C30H37F2N7O4S/c31-21-4-6-24(7-5-21)39-29-27(28(34-39)20-2-1-3-20)26(37-11-9-23(10-12-37)36-14-16-43-17-15-36)18-25(33-29)30(40)35-44(41,42)38-13-8-22(32)19-38/h4-7,18,20,22-23H,1-3,8-17,19H2,(H,35,40). The van der Waals surface area contributed by atoms with E-state index in [1.807, 2.05) is 0 Å². The van der Waals surface area contributed by atoms with Crippen molar-refractivity contribution in [2.24, 2.45) is 0 Å². The summed E-state index contributed by atoms with van der Waals surface area (Å²) in [5.41, 5.74) is 2.60. The Bertz CT molecular complexity index is 1630. The van der Waals surface area contributed by atoms with Crippen LogP contribution in [0.3, 0.4) is 0 Å². The third-order valence-electron chi connectivity index (χ3n) is 9.46. The van der Waals surface area contributed by atoms with Crippen LogP contribution in [-0.2, 0) is 14.9 Å². The lowest BCUT2D eigenvalue weighted by Crippen LogP contribution is -2.49. The highest BCUT2D eigenvalue weighted by Crippen LogP contribution is 2.43. The van der Waals surface area contributed by atoms with Crippen LogP contribution in [0, 0.1) is 5.82 Å². The fourth-order valence-electron chi connectivity index (χ4n) is 6.77. The number of pyridine rings is 1. The minimum Gasteiger partial charge on any atom is -0.379 e. The molecule has 5 heterocycles. The third-order valence-corrected chi connectivity index (χ3v) is 10.9. The van der Waals surface area contributed by atoms with Crippen LogP contribution < -0.4 is 9.62 Å². The van der Waals surface area contributed by atoms with Crippen molar-refractivity contribution in [1.29, 1.82) is 0 Å². The molecule has 1 amide bonds. The smallest absolute Gasteiger partial charge is 0.304 e. The molecular weight excluding hydrogens is 592 g/mol. The van der Waals surface area contributed by atoms with Gasteiger partial charge in [-0.25, -0.2) is 23.2 Å². The molecule has 1 aliphatic carbocycles. The van der Waals surface area contributed by atoms with Crippen molar-refractivity contribution in [1.82, 2.24) is 28.7 Å². The highest BCUT2D eigenvalue weighted by molar-refractivity contribution is 7.87. The molecule has 3 aliphatic heterocycles. The molecule has 236 valence electrons. The summed E-state index contributed by atoms with van der Waals surface area (Å²) in [4.78, 5) is 23.0. The first kappa shape index (κ1) is 29.5. The molecule has 4 aliphatic rings. The van der Waals surface area contributed by atoms with Gasteiger partial charge in [0.05, 0.1) is 35.7 Å². The van der Waals surface area contributed by atoms with Crippen LogP contribution in [0.25, 0.3) is 16.7 Å². The Hall–Kier alpha value is -3.20. The topological polar surface area (TPSA) is 113 Å². The normalized spacial score (nSPS) is 22.9. The zero-order chi connectivity index (χ0) is 30.4. The summed E-state index contributed by atoms with van der Waals surface area (Å²) < 4.78 is 63.9. The number of aromatic nitrogens is 3. The summed E-state index contributed by atoms with van der Waals surface area (Å²) >= 11 is 0. The number of morpholine rings is 1. The van der Waals surface area contributed by atoms with Crippen molar-refractivity contribution in [2.45, 2.75) is 56.7 Å². The summed E-state index contributed by atoms with van der Waals surface area (Å²) in [6.07, 6.45) is 3.76. The van der Waals surface area contributed by atoms with Crippen molar-refractivity contribution in [2.75, 3.05) is 57.4 Å². The monoisotopic (exact) mass is 629 g/mol. The summed E-state index contributed by atoms with van der Waals surface area (Å²) in [6, 6.07) is 8.02. The molecule has 0 bridgehead atoms. The Morgan fingerprint density at radius 3 is 2.34 bits per heavy atom. The molecule has 0 spiro atoms. The second-order valence-corrected chi connectivity index (χ2v) is 13.8. The molecular formula is C30H37F2N7O4S. The van der Waals surface area contributed by atoms with Crippen molar-refractivity contribution in [3.8, 4) is 5.69 Å². The number of anilines is 1. The molecule has 3 aromatic rings. The number of nitrogens with one attached hydrogen (secondary N) is 1. The maximum absolute atomic E-state index is 13.9. The fourth-order valence-corrected chi connectivity index (χ4v) is 7.94. The van der Waals surface area contributed by atoms with Gasteiger partial charge in [-0.15, -0.1) is 0 Å². The van der Waals surface area contributed by atoms with Crippen LogP contribution in [0.4, 0.5) is 14.5 Å². The van der Waals surface area contributed by atoms with E-state index < -0.39 is 22.3 Å². The Morgan fingerprint density at radius 1 is 0.977 bits per heavy atom. The zero-order valence-corrected chi connectivity index (χ0v) is 25.3. The van der Waals surface area contributed by atoms with Gasteiger partial charge in [-0.3, -0.25) is 9.69 Å². The van der Waals surface area contributed by atoms with Crippen LogP contribution in [0.2, 0.25) is 0 Å². The second-order valence-electron chi connectivity index (χ2n) is 12.2. The van der Waals surface area contributed by atoms with E-state index in [0.29, 0.717) is 17.4 Å². The number of piperidine rings is 1. The highest BCUT2D eigenvalue weighted by atomic mass is 32.2. The Labute approximate surface area is 255 Å². The molecule has 2 aromatic heterocycles. The molecule has 1 aromatic carbocycles. The number of ether oxygens (including phenoxy) is 1. The predicted molar refractivity (Wildman–Crippen MR) is 161 cm³/mol. The first-order valence-electron chi connectivity index (χ1n) is 15.5. The van der Waals surface area contributed by atoms with E-state index >= 15 is 0 Å². The number of nitrogens with zero attached hydrogens (tertiary/aromatic N) is 6. The number of fused-ring (bicyclic) bond motifs is 1. The summed E-state index contributed by atoms with van der Waals surface area (Å²) in [5, 5.41) is 5.82. The number of carbonyl (C=O) groups excluding carboxylic acids is 1. The Morgan fingerprint density at radius 2 is 1.70 bits per heavy atom. The average Bonchev–Trinajstić information content (AvgIpc) is 3.61. The Kier molecular flexibility index (Phi) is 8.02. The molecule has 1 atom stereocenters. The zero-order valence-electron chi connectivity index (χ0n) is 24.5. The summed E-state index contributed by atoms with van der Waals surface area (Å²) in [7, 11) is -4.26. The van der Waals surface area contributed by atoms with E-state index in [9.17, 15) is 22.0 Å². The summed E-state index contributed by atoms with van der Waals surface area (Å²) in [5.74, 6) is -1.05. The van der Waals surface area contributed by atoms with Gasteiger partial charge in [0.2, 0.25) is 0 Å². The van der Waals surface area contributed by atoms with Crippen LogP contribution in [0.1, 0.15) is 60.6 Å². The van der Waals surface area contributed by atoms with E-state index in [1.165, 1.54) is 12.1 Å². The highest BCUT2D eigenvalue weighted by Gasteiger charge is 2.35. The number of alkyl halides is 1. The minimum absolute atomic E-state index is 0.00165. The van der Waals surface area contributed by atoms with Crippen molar-refractivity contribution < 1.29 is 26.7 Å². The lowest BCUT2D eigenvalue weighted by atomic mass is 9.82. The molecule has 0 radical (unpaired) electrons. The first-order chi connectivity index (χ1) is 21.3. The summed E-state index contributed by atoms with van der Waals surface area (Å²) in [6.45, 7) is 4.52. The second kappa shape index (κ2) is 12.0. The lowest BCUT2D eigenvalue weighted by molar-refractivity contribution is 0.0115. The van der Waals surface area contributed by atoms with Gasteiger partial charge in [0.1, 0.15) is 17.7 Å². The van der Waals surface area contributed by atoms with E-state index in [0.717, 1.165) is 92.6 Å². The molecule has 44 heavy (non-hydrogen) atoms. The fraction of sp³-hybridized carbons (Fsp3) is 0.567. The molecule has 11 nitrogen and oxygen atoms in total. The van der Waals surface area contributed by atoms with Crippen molar-refractivity contribution in [3.63, 3.8) is 0 Å². The van der Waals surface area contributed by atoms with Gasteiger partial charge in [0.25, 0.3) is 5.91 Å². The van der Waals surface area contributed by atoms with Gasteiger partial charge in [-0.1, -0.05) is 6.42 Å². The largest absolute Gasteiger partial charge is 0.379 e. The average molecular weight is 630 g/mol. The molecule has 1 N–H and O–H groups in total. The van der Waals surface area contributed by atoms with Crippen molar-refractivity contribution >= 4 is 32.8 Å². The third kappa shape index (κ3) is 5.68. The van der Waals surface area contributed by atoms with Crippen LogP contribution in [0.5, 0.6) is 0 Å². The molecule has 1 unspecified atom stereocenters. The molecule has 1 saturated carbocycles. The number of halogens is 2. The molecule has 4 fully saturated rings. The van der Waals surface area contributed by atoms with Gasteiger partial charge in [-0.2, -0.15) is 17.8 Å². The number of carbonyl (C=O) groups is 1. The maximum atomic E-state index is 13.9. The lowest BCUT2D eigenvalue weighted by Gasteiger charge is -2.41. The number of amides is 1. The quantitative estimate of drug-likeness (QED) is 0.425.